The number of hydrogen-bond donors (Lipinski definition) is 1. The van der Waals surface area contributed by atoms with Gasteiger partial charge >= 0.3 is 0 Å². The number of quaternary nitrogens is 1. The molecule has 0 atom stereocenters. The summed E-state index contributed by atoms with van der Waals surface area (Å²) in [6, 6.07) is 0. The second-order valence-electron chi connectivity index (χ2n) is 1.65. The van der Waals surface area contributed by atoms with Crippen LogP contribution in [-0.2, 0) is 0 Å². The average molecular weight is 153 g/mol. The second kappa shape index (κ2) is 3.62. The Balaban J connectivity index is 2.63. The zero-order chi connectivity index (χ0) is 4.99. The summed E-state index contributed by atoms with van der Waals surface area (Å²) in [6.07, 6.45) is 0. The number of halogens is 1. The summed E-state index contributed by atoms with van der Waals surface area (Å²) in [6.45, 7) is 1.21. The van der Waals surface area contributed by atoms with Crippen LogP contribution in [0.2, 0.25) is 0 Å². The number of hydrogen-bond acceptors (Lipinski definition) is 0. The van der Waals surface area contributed by atoms with Crippen molar-refractivity contribution in [2.24, 2.45) is 0 Å². The Hall–Kier alpha value is 0.440. The third kappa shape index (κ3) is 4.44. The monoisotopic (exact) mass is 152 g/mol. The fraction of sp³-hybridized carbons (Fsp3) is 1.00. The molecule has 0 spiro atoms. The first-order valence-corrected chi connectivity index (χ1v) is 3.24. The molecule has 6 heavy (non-hydrogen) atoms. The lowest BCUT2D eigenvalue weighted by Crippen LogP contribution is -3.06. The summed E-state index contributed by atoms with van der Waals surface area (Å²) in [5.41, 5.74) is 0. The molecule has 2 heteroatoms. The SMILES string of the molecule is C[NH+](C)CCBr. The van der Waals surface area contributed by atoms with Crippen molar-refractivity contribution in [2.75, 3.05) is 26.0 Å². The first-order valence-electron chi connectivity index (χ1n) is 2.12. The molecular weight excluding hydrogens is 142 g/mol. The van der Waals surface area contributed by atoms with E-state index in [9.17, 15) is 0 Å². The van der Waals surface area contributed by atoms with Crippen LogP contribution >= 0.6 is 15.9 Å². The molecule has 0 aliphatic rings. The standard InChI is InChI=1S/C4H10BrN/c1-6(2)4-3-5/h3-4H2,1-2H3/p+1. The van der Waals surface area contributed by atoms with Gasteiger partial charge in [-0.2, -0.15) is 0 Å². The van der Waals surface area contributed by atoms with E-state index in [1.807, 2.05) is 0 Å². The largest absolute Gasteiger partial charge is 0.339 e. The third-order valence-electron chi connectivity index (χ3n) is 0.594. The molecule has 0 fully saturated rings. The minimum atomic E-state index is 1.11. The lowest BCUT2D eigenvalue weighted by molar-refractivity contribution is -0.855. The van der Waals surface area contributed by atoms with Gasteiger partial charge in [0, 0.05) is 0 Å². The number of rotatable bonds is 2. The van der Waals surface area contributed by atoms with Gasteiger partial charge in [0.05, 0.1) is 26.0 Å². The highest BCUT2D eigenvalue weighted by atomic mass is 79.9. The molecule has 0 aromatic rings. The van der Waals surface area contributed by atoms with Crippen LogP contribution in [-0.4, -0.2) is 26.0 Å². The molecule has 0 aromatic carbocycles. The smallest absolute Gasteiger partial charge is 0.0865 e. The fourth-order valence-corrected chi connectivity index (χ4v) is 0.982. The summed E-state index contributed by atoms with van der Waals surface area (Å²) in [5, 5.41) is 1.11. The molecule has 0 saturated heterocycles. The average Bonchev–Trinajstić information content (AvgIpc) is 1.35. The Labute approximate surface area is 47.5 Å². The third-order valence-corrected chi connectivity index (χ3v) is 0.991. The van der Waals surface area contributed by atoms with E-state index in [1.54, 1.807) is 0 Å². The van der Waals surface area contributed by atoms with Crippen LogP contribution in [0.1, 0.15) is 0 Å². The molecule has 0 amide bonds. The maximum Gasteiger partial charge on any atom is 0.0865 e. The molecule has 0 saturated carbocycles. The Kier molecular flexibility index (Phi) is 3.89. The Morgan fingerprint density at radius 3 is 2.00 bits per heavy atom. The topological polar surface area (TPSA) is 4.44 Å². The number of alkyl halides is 1. The van der Waals surface area contributed by atoms with Crippen LogP contribution in [0, 0.1) is 0 Å². The van der Waals surface area contributed by atoms with Crippen LogP contribution in [0.5, 0.6) is 0 Å². The van der Waals surface area contributed by atoms with Crippen LogP contribution in [0.4, 0.5) is 0 Å². The fourth-order valence-electron chi connectivity index (χ4n) is 0.189. The highest BCUT2D eigenvalue weighted by molar-refractivity contribution is 9.09. The van der Waals surface area contributed by atoms with E-state index >= 15 is 0 Å². The van der Waals surface area contributed by atoms with E-state index in [0.29, 0.717) is 0 Å². The molecule has 1 nitrogen and oxygen atoms in total. The van der Waals surface area contributed by atoms with Gasteiger partial charge in [-0.05, 0) is 0 Å². The minimum Gasteiger partial charge on any atom is -0.339 e. The molecule has 0 unspecified atom stereocenters. The van der Waals surface area contributed by atoms with Gasteiger partial charge in [0.25, 0.3) is 0 Å². The van der Waals surface area contributed by atoms with Crippen molar-refractivity contribution in [3.05, 3.63) is 0 Å². The summed E-state index contributed by atoms with van der Waals surface area (Å²) in [5.74, 6) is 0. The molecule has 0 radical (unpaired) electrons. The van der Waals surface area contributed by atoms with Crippen molar-refractivity contribution in [3.63, 3.8) is 0 Å². The van der Waals surface area contributed by atoms with Gasteiger partial charge in [-0.25, -0.2) is 0 Å². The van der Waals surface area contributed by atoms with Crippen molar-refractivity contribution >= 4 is 15.9 Å². The van der Waals surface area contributed by atoms with Crippen LogP contribution in [0.3, 0.4) is 0 Å². The van der Waals surface area contributed by atoms with Gasteiger partial charge in [-0.15, -0.1) is 0 Å². The van der Waals surface area contributed by atoms with Gasteiger partial charge in [0.2, 0.25) is 0 Å². The predicted molar refractivity (Wildman–Crippen MR) is 31.5 cm³/mol. The maximum atomic E-state index is 3.33. The zero-order valence-electron chi connectivity index (χ0n) is 4.29. The molecule has 1 N–H and O–H groups in total. The lowest BCUT2D eigenvalue weighted by Gasteiger charge is -2.00. The van der Waals surface area contributed by atoms with Crippen LogP contribution in [0.25, 0.3) is 0 Å². The van der Waals surface area contributed by atoms with Crippen molar-refractivity contribution in [1.82, 2.24) is 0 Å². The van der Waals surface area contributed by atoms with Gasteiger partial charge in [0.15, 0.2) is 0 Å². The van der Waals surface area contributed by atoms with Crippen molar-refractivity contribution < 1.29 is 4.90 Å². The van der Waals surface area contributed by atoms with E-state index in [-0.39, 0.29) is 0 Å². The van der Waals surface area contributed by atoms with Crippen molar-refractivity contribution in [2.45, 2.75) is 0 Å². The van der Waals surface area contributed by atoms with E-state index in [1.165, 1.54) is 11.4 Å². The minimum absolute atomic E-state index is 1.11. The van der Waals surface area contributed by atoms with E-state index in [2.05, 4.69) is 30.0 Å². The van der Waals surface area contributed by atoms with Gasteiger partial charge in [0.1, 0.15) is 0 Å². The Morgan fingerprint density at radius 1 is 1.50 bits per heavy atom. The quantitative estimate of drug-likeness (QED) is 0.511. The van der Waals surface area contributed by atoms with E-state index in [4.69, 9.17) is 0 Å². The van der Waals surface area contributed by atoms with Gasteiger partial charge < -0.3 is 4.90 Å². The molecular formula is C4H11BrN+. The molecule has 0 aliphatic heterocycles. The summed E-state index contributed by atoms with van der Waals surface area (Å²) >= 11 is 3.33. The molecule has 0 heterocycles. The van der Waals surface area contributed by atoms with Gasteiger partial charge in [-0.1, -0.05) is 15.9 Å². The van der Waals surface area contributed by atoms with Gasteiger partial charge in [-0.3, -0.25) is 0 Å². The van der Waals surface area contributed by atoms with Crippen LogP contribution < -0.4 is 4.90 Å². The molecule has 0 rings (SSSR count). The Bertz CT molecular complexity index is 28.7. The van der Waals surface area contributed by atoms with E-state index < -0.39 is 0 Å². The van der Waals surface area contributed by atoms with E-state index in [0.717, 1.165) is 5.33 Å². The molecule has 0 aromatic heterocycles. The molecule has 0 aliphatic carbocycles. The summed E-state index contributed by atoms with van der Waals surface area (Å²) in [7, 11) is 4.28. The molecule has 38 valence electrons. The maximum absolute atomic E-state index is 3.33. The second-order valence-corrected chi connectivity index (χ2v) is 2.44. The van der Waals surface area contributed by atoms with Crippen molar-refractivity contribution in [3.8, 4) is 0 Å². The first kappa shape index (κ1) is 6.44. The highest BCUT2D eigenvalue weighted by Crippen LogP contribution is 1.68. The predicted octanol–water partition coefficient (Wildman–Crippen LogP) is -0.474. The highest BCUT2D eigenvalue weighted by Gasteiger charge is 1.84. The molecule has 0 bridgehead atoms. The summed E-state index contributed by atoms with van der Waals surface area (Å²) in [4.78, 5) is 1.49. The number of nitrogens with one attached hydrogen (secondary N) is 1. The lowest BCUT2D eigenvalue weighted by atomic mass is 10.7. The first-order chi connectivity index (χ1) is 2.77. The Morgan fingerprint density at radius 2 is 2.00 bits per heavy atom. The van der Waals surface area contributed by atoms with Crippen molar-refractivity contribution in [1.29, 1.82) is 0 Å². The van der Waals surface area contributed by atoms with Crippen LogP contribution in [0.15, 0.2) is 0 Å². The normalized spacial score (nSPS) is 10.0. The zero-order valence-corrected chi connectivity index (χ0v) is 5.88. The summed E-state index contributed by atoms with van der Waals surface area (Å²) < 4.78 is 0.